The maximum atomic E-state index is 3.41. The van der Waals surface area contributed by atoms with Gasteiger partial charge in [0.15, 0.2) is 0 Å². The van der Waals surface area contributed by atoms with Crippen LogP contribution in [-0.4, -0.2) is 13.1 Å². The van der Waals surface area contributed by atoms with Crippen molar-refractivity contribution in [3.8, 4) is 0 Å². The normalized spacial score (nSPS) is 18.8. The molecular formula is C10H22ClN. The molecule has 0 bridgehead atoms. The van der Waals surface area contributed by atoms with Crippen LogP contribution < -0.4 is 5.32 Å². The lowest BCUT2D eigenvalue weighted by Gasteiger charge is -2.22. The molecule has 0 radical (unpaired) electrons. The van der Waals surface area contributed by atoms with Crippen molar-refractivity contribution in [2.24, 2.45) is 5.92 Å². The predicted molar refractivity (Wildman–Crippen MR) is 57.0 cm³/mol. The van der Waals surface area contributed by atoms with Gasteiger partial charge in [0.05, 0.1) is 0 Å². The summed E-state index contributed by atoms with van der Waals surface area (Å²) in [6, 6.07) is 0. The molecule has 1 N–H and O–H groups in total. The van der Waals surface area contributed by atoms with Crippen molar-refractivity contribution >= 4 is 12.4 Å². The smallest absolute Gasteiger partial charge is 0.00463 e. The zero-order valence-corrected chi connectivity index (χ0v) is 8.96. The van der Waals surface area contributed by atoms with E-state index >= 15 is 0 Å². The zero-order chi connectivity index (χ0) is 7.94. The minimum Gasteiger partial charge on any atom is -0.317 e. The summed E-state index contributed by atoms with van der Waals surface area (Å²) in [6.07, 6.45) is 8.58. The van der Waals surface area contributed by atoms with Crippen LogP contribution in [0.2, 0.25) is 0 Å². The number of unbranched alkanes of at least 4 members (excludes halogenated alkanes) is 2. The van der Waals surface area contributed by atoms with Gasteiger partial charge in [0, 0.05) is 0 Å². The number of piperidine rings is 1. The summed E-state index contributed by atoms with van der Waals surface area (Å²) in [5, 5.41) is 3.41. The summed E-state index contributed by atoms with van der Waals surface area (Å²) >= 11 is 0. The fourth-order valence-corrected chi connectivity index (χ4v) is 1.85. The van der Waals surface area contributed by atoms with Crippen molar-refractivity contribution in [1.82, 2.24) is 5.32 Å². The van der Waals surface area contributed by atoms with Crippen molar-refractivity contribution in [1.29, 1.82) is 0 Å². The number of halogens is 1. The second-order valence-electron chi connectivity index (χ2n) is 3.69. The fourth-order valence-electron chi connectivity index (χ4n) is 1.85. The van der Waals surface area contributed by atoms with Crippen molar-refractivity contribution < 1.29 is 0 Å². The van der Waals surface area contributed by atoms with Gasteiger partial charge in [-0.05, 0) is 31.8 Å². The molecule has 0 aromatic rings. The van der Waals surface area contributed by atoms with E-state index in [9.17, 15) is 0 Å². The highest BCUT2D eigenvalue weighted by molar-refractivity contribution is 5.85. The summed E-state index contributed by atoms with van der Waals surface area (Å²) < 4.78 is 0. The molecule has 12 heavy (non-hydrogen) atoms. The van der Waals surface area contributed by atoms with Gasteiger partial charge in [0.1, 0.15) is 0 Å². The average Bonchev–Trinajstić information content (AvgIpc) is 2.07. The first kappa shape index (κ1) is 12.2. The highest BCUT2D eigenvalue weighted by Crippen LogP contribution is 2.18. The van der Waals surface area contributed by atoms with Crippen LogP contribution in [0.5, 0.6) is 0 Å². The molecule has 0 saturated carbocycles. The van der Waals surface area contributed by atoms with Crippen molar-refractivity contribution in [3.05, 3.63) is 0 Å². The van der Waals surface area contributed by atoms with Crippen molar-refractivity contribution in [2.45, 2.75) is 45.4 Å². The number of hydrogen-bond donors (Lipinski definition) is 1. The van der Waals surface area contributed by atoms with E-state index in [1.54, 1.807) is 0 Å². The molecule has 1 nitrogen and oxygen atoms in total. The third-order valence-corrected chi connectivity index (χ3v) is 2.67. The zero-order valence-electron chi connectivity index (χ0n) is 8.14. The molecule has 1 saturated heterocycles. The highest BCUT2D eigenvalue weighted by atomic mass is 35.5. The summed E-state index contributed by atoms with van der Waals surface area (Å²) in [7, 11) is 0. The SMILES string of the molecule is CCCCCC1CCNCC1.Cl. The molecule has 0 unspecified atom stereocenters. The van der Waals surface area contributed by atoms with Gasteiger partial charge in [-0.3, -0.25) is 0 Å². The Morgan fingerprint density at radius 2 is 1.83 bits per heavy atom. The van der Waals surface area contributed by atoms with Crippen LogP contribution in [0.25, 0.3) is 0 Å². The van der Waals surface area contributed by atoms with Crippen LogP contribution in [0.3, 0.4) is 0 Å². The Hall–Kier alpha value is 0.250. The minimum atomic E-state index is 0. The van der Waals surface area contributed by atoms with Crippen LogP contribution in [-0.2, 0) is 0 Å². The van der Waals surface area contributed by atoms with Gasteiger partial charge in [-0.1, -0.05) is 32.6 Å². The Morgan fingerprint density at radius 1 is 1.17 bits per heavy atom. The Morgan fingerprint density at radius 3 is 2.42 bits per heavy atom. The van der Waals surface area contributed by atoms with E-state index in [-0.39, 0.29) is 12.4 Å². The third kappa shape index (κ3) is 5.00. The fraction of sp³-hybridized carbons (Fsp3) is 1.00. The maximum absolute atomic E-state index is 3.41. The molecule has 0 amide bonds. The first-order chi connectivity index (χ1) is 5.43. The third-order valence-electron chi connectivity index (χ3n) is 2.67. The second-order valence-corrected chi connectivity index (χ2v) is 3.69. The Kier molecular flexibility index (Phi) is 8.04. The molecule has 1 heterocycles. The molecule has 1 aliphatic heterocycles. The second kappa shape index (κ2) is 7.88. The van der Waals surface area contributed by atoms with E-state index < -0.39 is 0 Å². The maximum Gasteiger partial charge on any atom is -0.00463 e. The van der Waals surface area contributed by atoms with Gasteiger partial charge in [-0.15, -0.1) is 12.4 Å². The van der Waals surface area contributed by atoms with Crippen LogP contribution in [0, 0.1) is 5.92 Å². The van der Waals surface area contributed by atoms with E-state index in [0.717, 1.165) is 5.92 Å². The summed E-state index contributed by atoms with van der Waals surface area (Å²) in [5.74, 6) is 1.04. The van der Waals surface area contributed by atoms with Crippen molar-refractivity contribution in [2.75, 3.05) is 13.1 Å². The van der Waals surface area contributed by atoms with Gasteiger partial charge in [0.25, 0.3) is 0 Å². The molecule has 74 valence electrons. The topological polar surface area (TPSA) is 12.0 Å². The lowest BCUT2D eigenvalue weighted by atomic mass is 9.92. The van der Waals surface area contributed by atoms with Crippen LogP contribution >= 0.6 is 12.4 Å². The van der Waals surface area contributed by atoms with Gasteiger partial charge in [0.2, 0.25) is 0 Å². The number of nitrogens with one attached hydrogen (secondary N) is 1. The van der Waals surface area contributed by atoms with E-state index in [4.69, 9.17) is 0 Å². The largest absolute Gasteiger partial charge is 0.317 e. The van der Waals surface area contributed by atoms with Gasteiger partial charge < -0.3 is 5.32 Å². The molecule has 1 fully saturated rings. The van der Waals surface area contributed by atoms with Crippen LogP contribution in [0.4, 0.5) is 0 Å². The Bertz CT molecular complexity index is 89.8. The molecule has 1 aliphatic rings. The average molecular weight is 192 g/mol. The standard InChI is InChI=1S/C10H21N.ClH/c1-2-3-4-5-10-6-8-11-9-7-10;/h10-11H,2-9H2,1H3;1H. The van der Waals surface area contributed by atoms with E-state index in [2.05, 4.69) is 12.2 Å². The molecule has 0 spiro atoms. The Balaban J connectivity index is 0.00000121. The van der Waals surface area contributed by atoms with Crippen LogP contribution in [0.1, 0.15) is 45.4 Å². The summed E-state index contributed by atoms with van der Waals surface area (Å²) in [6.45, 7) is 4.80. The molecule has 1 rings (SSSR count). The first-order valence-corrected chi connectivity index (χ1v) is 5.14. The molecule has 2 heteroatoms. The molecule has 0 aliphatic carbocycles. The molecule has 0 atom stereocenters. The number of rotatable bonds is 4. The molecule has 0 aromatic heterocycles. The first-order valence-electron chi connectivity index (χ1n) is 5.14. The van der Waals surface area contributed by atoms with Gasteiger partial charge in [-0.2, -0.15) is 0 Å². The molecule has 0 aromatic carbocycles. The monoisotopic (exact) mass is 191 g/mol. The highest BCUT2D eigenvalue weighted by Gasteiger charge is 2.11. The van der Waals surface area contributed by atoms with E-state index in [1.165, 1.54) is 51.6 Å². The lowest BCUT2D eigenvalue weighted by Crippen LogP contribution is -2.27. The minimum absolute atomic E-state index is 0. The van der Waals surface area contributed by atoms with Crippen LogP contribution in [0.15, 0.2) is 0 Å². The summed E-state index contributed by atoms with van der Waals surface area (Å²) in [4.78, 5) is 0. The quantitative estimate of drug-likeness (QED) is 0.674. The van der Waals surface area contributed by atoms with Gasteiger partial charge in [-0.25, -0.2) is 0 Å². The van der Waals surface area contributed by atoms with E-state index in [0.29, 0.717) is 0 Å². The predicted octanol–water partition coefficient (Wildman–Crippen LogP) is 2.99. The Labute approximate surface area is 82.7 Å². The summed E-state index contributed by atoms with van der Waals surface area (Å²) in [5.41, 5.74) is 0. The van der Waals surface area contributed by atoms with Gasteiger partial charge >= 0.3 is 0 Å². The molecular weight excluding hydrogens is 170 g/mol. The number of hydrogen-bond acceptors (Lipinski definition) is 1. The van der Waals surface area contributed by atoms with Crippen molar-refractivity contribution in [3.63, 3.8) is 0 Å². The van der Waals surface area contributed by atoms with E-state index in [1.807, 2.05) is 0 Å². The lowest BCUT2D eigenvalue weighted by molar-refractivity contribution is 0.343.